The topological polar surface area (TPSA) is 46.8 Å². The number of fused-ring (bicyclic) bond motifs is 2. The van der Waals surface area contributed by atoms with Crippen molar-refractivity contribution >= 4 is 38.6 Å². The second kappa shape index (κ2) is 8.77. The molecule has 4 aromatic rings. The number of benzene rings is 2. The molecule has 1 unspecified atom stereocenters. The Labute approximate surface area is 213 Å². The van der Waals surface area contributed by atoms with Crippen LogP contribution in [-0.4, -0.2) is 50.0 Å². The standard InChI is InChI=1S/C27H28BrN5S/c1-18-7-12-22-23(5-3-6-24(22)29-18)25-30-31-26(32(25)2)34-14-4-13-33-16-20-15-27(20,17-33)19-8-10-21(28)11-9-19/h3,5-12,20H,4,13-17H2,1-2H3/t20-,27?/m0/s1. The van der Waals surface area contributed by atoms with Gasteiger partial charge in [0.05, 0.1) is 5.52 Å². The molecule has 1 aliphatic carbocycles. The predicted octanol–water partition coefficient (Wildman–Crippen LogP) is 5.86. The predicted molar refractivity (Wildman–Crippen MR) is 142 cm³/mol. The molecule has 2 atom stereocenters. The maximum absolute atomic E-state index is 4.66. The molecule has 2 aliphatic rings. The third-order valence-electron chi connectivity index (χ3n) is 7.43. The molecule has 1 saturated heterocycles. The highest BCUT2D eigenvalue weighted by molar-refractivity contribution is 9.10. The van der Waals surface area contributed by atoms with Gasteiger partial charge in [-0.05, 0) is 62.1 Å². The summed E-state index contributed by atoms with van der Waals surface area (Å²) >= 11 is 5.37. The first kappa shape index (κ1) is 22.3. The van der Waals surface area contributed by atoms with Crippen LogP contribution in [0.2, 0.25) is 0 Å². The van der Waals surface area contributed by atoms with Gasteiger partial charge in [-0.15, -0.1) is 10.2 Å². The third kappa shape index (κ3) is 3.97. The van der Waals surface area contributed by atoms with Gasteiger partial charge in [-0.25, -0.2) is 0 Å². The Morgan fingerprint density at radius 3 is 2.79 bits per heavy atom. The molecule has 2 aromatic carbocycles. The van der Waals surface area contributed by atoms with Gasteiger partial charge in [-0.1, -0.05) is 58.0 Å². The Hall–Kier alpha value is -2.22. The molecule has 1 aliphatic heterocycles. The van der Waals surface area contributed by atoms with Gasteiger partial charge in [-0.2, -0.15) is 0 Å². The van der Waals surface area contributed by atoms with Gasteiger partial charge >= 0.3 is 0 Å². The molecule has 7 heteroatoms. The monoisotopic (exact) mass is 533 g/mol. The zero-order chi connectivity index (χ0) is 23.3. The highest BCUT2D eigenvalue weighted by atomic mass is 79.9. The lowest BCUT2D eigenvalue weighted by molar-refractivity contribution is 0.299. The number of thioether (sulfide) groups is 1. The highest BCUT2D eigenvalue weighted by Crippen LogP contribution is 2.59. The van der Waals surface area contributed by atoms with E-state index in [1.807, 2.05) is 13.0 Å². The zero-order valence-corrected chi connectivity index (χ0v) is 21.9. The molecule has 2 aromatic heterocycles. The van der Waals surface area contributed by atoms with Crippen molar-refractivity contribution in [2.24, 2.45) is 13.0 Å². The fourth-order valence-electron chi connectivity index (χ4n) is 5.56. The van der Waals surface area contributed by atoms with Gasteiger partial charge in [0.2, 0.25) is 0 Å². The molecule has 2 fully saturated rings. The van der Waals surface area contributed by atoms with Crippen LogP contribution < -0.4 is 0 Å². The van der Waals surface area contributed by atoms with Crippen molar-refractivity contribution in [2.75, 3.05) is 25.4 Å². The van der Waals surface area contributed by atoms with E-state index in [0.717, 1.165) is 62.3 Å². The average molecular weight is 535 g/mol. The van der Waals surface area contributed by atoms with Crippen LogP contribution >= 0.6 is 27.7 Å². The second-order valence-electron chi connectivity index (χ2n) is 9.69. The molecule has 0 radical (unpaired) electrons. The minimum atomic E-state index is 0.415. The van der Waals surface area contributed by atoms with Crippen LogP contribution in [0.4, 0.5) is 0 Å². The van der Waals surface area contributed by atoms with Crippen LogP contribution in [0.1, 0.15) is 24.1 Å². The summed E-state index contributed by atoms with van der Waals surface area (Å²) in [5.74, 6) is 2.78. The lowest BCUT2D eigenvalue weighted by atomic mass is 9.95. The maximum Gasteiger partial charge on any atom is 0.191 e. The summed E-state index contributed by atoms with van der Waals surface area (Å²) in [4.78, 5) is 7.32. The van der Waals surface area contributed by atoms with E-state index >= 15 is 0 Å². The van der Waals surface area contributed by atoms with E-state index in [1.165, 1.54) is 25.1 Å². The van der Waals surface area contributed by atoms with E-state index in [1.54, 1.807) is 11.8 Å². The van der Waals surface area contributed by atoms with Crippen LogP contribution in [-0.2, 0) is 12.5 Å². The lowest BCUT2D eigenvalue weighted by Gasteiger charge is -2.21. The Balaban J connectivity index is 1.06. The zero-order valence-electron chi connectivity index (χ0n) is 19.5. The summed E-state index contributed by atoms with van der Waals surface area (Å²) in [6, 6.07) is 19.4. The number of aryl methyl sites for hydroxylation is 1. The Morgan fingerprint density at radius 1 is 1.09 bits per heavy atom. The smallest absolute Gasteiger partial charge is 0.191 e. The van der Waals surface area contributed by atoms with E-state index in [2.05, 4.69) is 96.2 Å². The van der Waals surface area contributed by atoms with Crippen LogP contribution in [0.15, 0.2) is 64.2 Å². The third-order valence-corrected chi connectivity index (χ3v) is 9.07. The molecule has 0 amide bonds. The molecule has 0 bridgehead atoms. The summed E-state index contributed by atoms with van der Waals surface area (Å²) in [6.07, 6.45) is 2.51. The van der Waals surface area contributed by atoms with Gasteiger partial charge < -0.3 is 9.47 Å². The molecule has 0 spiro atoms. The first-order valence-electron chi connectivity index (χ1n) is 11.9. The summed E-state index contributed by atoms with van der Waals surface area (Å²) in [5.41, 5.74) is 5.04. The first-order valence-corrected chi connectivity index (χ1v) is 13.7. The van der Waals surface area contributed by atoms with E-state index < -0.39 is 0 Å². The van der Waals surface area contributed by atoms with Crippen molar-refractivity contribution < 1.29 is 0 Å². The molecule has 3 heterocycles. The minimum absolute atomic E-state index is 0.415. The van der Waals surface area contributed by atoms with Gasteiger partial charge in [0, 0.05) is 52.4 Å². The molecular formula is C27H28BrN5S. The quantitative estimate of drug-likeness (QED) is 0.220. The summed E-state index contributed by atoms with van der Waals surface area (Å²) in [5, 5.41) is 11.1. The van der Waals surface area contributed by atoms with E-state index in [0.29, 0.717) is 5.41 Å². The van der Waals surface area contributed by atoms with Crippen molar-refractivity contribution in [3.8, 4) is 11.4 Å². The fourth-order valence-corrected chi connectivity index (χ4v) is 6.66. The van der Waals surface area contributed by atoms with Gasteiger partial charge in [-0.3, -0.25) is 4.98 Å². The van der Waals surface area contributed by atoms with E-state index in [9.17, 15) is 0 Å². The van der Waals surface area contributed by atoms with Gasteiger partial charge in [0.1, 0.15) is 0 Å². The van der Waals surface area contributed by atoms with Gasteiger partial charge in [0.15, 0.2) is 11.0 Å². The number of hydrogen-bond donors (Lipinski definition) is 0. The fraction of sp³-hybridized carbons (Fsp3) is 0.370. The summed E-state index contributed by atoms with van der Waals surface area (Å²) in [7, 11) is 2.06. The number of hydrogen-bond acceptors (Lipinski definition) is 5. The van der Waals surface area contributed by atoms with Crippen molar-refractivity contribution in [3.05, 3.63) is 70.3 Å². The number of pyridine rings is 1. The molecule has 1 saturated carbocycles. The Bertz CT molecular complexity index is 1350. The molecular weight excluding hydrogens is 506 g/mol. The number of aromatic nitrogens is 4. The number of nitrogens with zero attached hydrogens (tertiary/aromatic N) is 5. The number of piperidine rings is 1. The minimum Gasteiger partial charge on any atom is -0.305 e. The van der Waals surface area contributed by atoms with Crippen molar-refractivity contribution in [1.82, 2.24) is 24.6 Å². The SMILES string of the molecule is Cc1ccc2c(-c3nnc(SCCCN4C[C@@H]5CC5(c5ccc(Br)cc5)C4)n3C)cccc2n1. The lowest BCUT2D eigenvalue weighted by Crippen LogP contribution is -2.27. The Morgan fingerprint density at radius 2 is 1.94 bits per heavy atom. The average Bonchev–Trinajstić information content (AvgIpc) is 3.21. The van der Waals surface area contributed by atoms with Crippen LogP contribution in [0.5, 0.6) is 0 Å². The number of halogens is 1. The maximum atomic E-state index is 4.66. The van der Waals surface area contributed by atoms with Crippen LogP contribution in [0.3, 0.4) is 0 Å². The molecule has 174 valence electrons. The van der Waals surface area contributed by atoms with Gasteiger partial charge in [0.25, 0.3) is 0 Å². The van der Waals surface area contributed by atoms with Crippen molar-refractivity contribution in [2.45, 2.75) is 30.3 Å². The summed E-state index contributed by atoms with van der Waals surface area (Å²) < 4.78 is 3.28. The summed E-state index contributed by atoms with van der Waals surface area (Å²) in [6.45, 7) is 5.62. The highest BCUT2D eigenvalue weighted by Gasteiger charge is 2.60. The number of likely N-dealkylation sites (tertiary alicyclic amines) is 1. The Kier molecular flexibility index (Phi) is 5.74. The molecule has 0 N–H and O–H groups in total. The first-order chi connectivity index (χ1) is 16.5. The molecule has 5 nitrogen and oxygen atoms in total. The molecule has 6 rings (SSSR count). The van der Waals surface area contributed by atoms with Crippen LogP contribution in [0.25, 0.3) is 22.3 Å². The van der Waals surface area contributed by atoms with Crippen molar-refractivity contribution in [1.29, 1.82) is 0 Å². The van der Waals surface area contributed by atoms with E-state index in [-0.39, 0.29) is 0 Å². The van der Waals surface area contributed by atoms with E-state index in [4.69, 9.17) is 0 Å². The number of rotatable bonds is 7. The molecule has 34 heavy (non-hydrogen) atoms. The largest absolute Gasteiger partial charge is 0.305 e. The van der Waals surface area contributed by atoms with Crippen LogP contribution in [0, 0.1) is 12.8 Å². The normalized spacial score (nSPS) is 21.8. The second-order valence-corrected chi connectivity index (χ2v) is 11.7. The van der Waals surface area contributed by atoms with Crippen molar-refractivity contribution in [3.63, 3.8) is 0 Å².